The van der Waals surface area contributed by atoms with Crippen LogP contribution in [0.3, 0.4) is 0 Å². The summed E-state index contributed by atoms with van der Waals surface area (Å²) in [6, 6.07) is 5.30. The minimum absolute atomic E-state index is 0.110. The van der Waals surface area contributed by atoms with Gasteiger partial charge in [0.05, 0.1) is 23.7 Å². The van der Waals surface area contributed by atoms with E-state index in [0.717, 1.165) is 15.5 Å². The van der Waals surface area contributed by atoms with E-state index in [1.165, 1.54) is 0 Å². The van der Waals surface area contributed by atoms with E-state index in [1.54, 1.807) is 0 Å². The van der Waals surface area contributed by atoms with Crippen LogP contribution >= 0.6 is 15.9 Å². The third-order valence-electron chi connectivity index (χ3n) is 2.01. The zero-order valence-electron chi connectivity index (χ0n) is 7.37. The van der Waals surface area contributed by atoms with Crippen molar-refractivity contribution < 1.29 is 5.11 Å². The van der Waals surface area contributed by atoms with Gasteiger partial charge >= 0.3 is 0 Å². The van der Waals surface area contributed by atoms with Crippen molar-refractivity contribution in [1.82, 2.24) is 9.97 Å². The van der Waals surface area contributed by atoms with E-state index in [-0.39, 0.29) is 6.61 Å². The molecule has 0 fully saturated rings. The molecule has 1 heterocycles. The van der Waals surface area contributed by atoms with Crippen LogP contribution in [-0.2, 0) is 0 Å². The summed E-state index contributed by atoms with van der Waals surface area (Å²) in [5.41, 5.74) is 7.41. The summed E-state index contributed by atoms with van der Waals surface area (Å²) in [4.78, 5) is 7.33. The Bertz CT molecular complexity index is 454. The van der Waals surface area contributed by atoms with Crippen LogP contribution in [0, 0.1) is 0 Å². The number of hydrogen-bond donors (Lipinski definition) is 3. The van der Waals surface area contributed by atoms with E-state index in [2.05, 4.69) is 25.9 Å². The first-order valence-electron chi connectivity index (χ1n) is 4.22. The minimum atomic E-state index is -0.443. The van der Waals surface area contributed by atoms with Crippen molar-refractivity contribution in [2.24, 2.45) is 5.73 Å². The predicted molar refractivity (Wildman–Crippen MR) is 57.8 cm³/mol. The number of aliphatic hydroxyl groups excluding tert-OH is 1. The van der Waals surface area contributed by atoms with Gasteiger partial charge in [-0.3, -0.25) is 0 Å². The molecule has 2 aromatic rings. The third kappa shape index (κ3) is 1.66. The molecule has 0 amide bonds. The number of aliphatic hydroxyl groups is 1. The second-order valence-corrected chi connectivity index (χ2v) is 3.99. The molecular formula is C9H10BrN3O. The summed E-state index contributed by atoms with van der Waals surface area (Å²) in [6.45, 7) is -0.110. The number of aromatic nitrogens is 2. The van der Waals surface area contributed by atoms with Crippen LogP contribution in [-0.4, -0.2) is 21.7 Å². The van der Waals surface area contributed by atoms with Crippen LogP contribution in [0.4, 0.5) is 0 Å². The van der Waals surface area contributed by atoms with Crippen molar-refractivity contribution in [3.63, 3.8) is 0 Å². The fourth-order valence-electron chi connectivity index (χ4n) is 1.26. The van der Waals surface area contributed by atoms with Gasteiger partial charge in [0.15, 0.2) is 0 Å². The molecule has 0 bridgehead atoms. The van der Waals surface area contributed by atoms with Crippen LogP contribution in [0.15, 0.2) is 22.7 Å². The molecule has 0 saturated heterocycles. The van der Waals surface area contributed by atoms with E-state index in [4.69, 9.17) is 10.8 Å². The highest BCUT2D eigenvalue weighted by atomic mass is 79.9. The predicted octanol–water partition coefficient (Wildman–Crippen LogP) is 1.32. The molecule has 0 aliphatic rings. The highest BCUT2D eigenvalue weighted by Crippen LogP contribution is 2.19. The Kier molecular flexibility index (Phi) is 2.54. The number of fused-ring (bicyclic) bond motifs is 1. The monoisotopic (exact) mass is 255 g/mol. The van der Waals surface area contributed by atoms with E-state index in [0.29, 0.717) is 5.82 Å². The molecular weight excluding hydrogens is 246 g/mol. The number of nitrogens with zero attached hydrogens (tertiary/aromatic N) is 1. The Morgan fingerprint density at radius 1 is 1.57 bits per heavy atom. The molecule has 1 atom stereocenters. The molecule has 14 heavy (non-hydrogen) atoms. The largest absolute Gasteiger partial charge is 0.394 e. The Labute approximate surface area is 89.3 Å². The van der Waals surface area contributed by atoms with Gasteiger partial charge in [-0.15, -0.1) is 0 Å². The fourth-order valence-corrected chi connectivity index (χ4v) is 1.61. The molecule has 2 rings (SSSR count). The number of hydrogen-bond acceptors (Lipinski definition) is 3. The van der Waals surface area contributed by atoms with E-state index in [9.17, 15) is 0 Å². The van der Waals surface area contributed by atoms with Crippen LogP contribution in [0.2, 0.25) is 0 Å². The second kappa shape index (κ2) is 3.68. The Morgan fingerprint density at radius 2 is 2.36 bits per heavy atom. The van der Waals surface area contributed by atoms with Gasteiger partial charge in [-0.25, -0.2) is 4.98 Å². The maximum atomic E-state index is 8.87. The minimum Gasteiger partial charge on any atom is -0.394 e. The molecule has 4 nitrogen and oxygen atoms in total. The topological polar surface area (TPSA) is 74.9 Å². The van der Waals surface area contributed by atoms with Crippen LogP contribution in [0.5, 0.6) is 0 Å². The number of nitrogens with one attached hydrogen (secondary N) is 1. The van der Waals surface area contributed by atoms with Crippen molar-refractivity contribution in [2.75, 3.05) is 6.61 Å². The first-order valence-corrected chi connectivity index (χ1v) is 5.01. The number of H-pyrrole nitrogens is 1. The SMILES string of the molecule is NC(CO)c1nc2cc(Br)ccc2[nH]1. The summed E-state index contributed by atoms with van der Waals surface area (Å²) in [5, 5.41) is 8.87. The lowest BCUT2D eigenvalue weighted by Gasteiger charge is -2.01. The molecule has 4 N–H and O–H groups in total. The van der Waals surface area contributed by atoms with Crippen LogP contribution in [0.1, 0.15) is 11.9 Å². The zero-order chi connectivity index (χ0) is 10.1. The molecule has 0 aliphatic carbocycles. The zero-order valence-corrected chi connectivity index (χ0v) is 8.95. The highest BCUT2D eigenvalue weighted by molar-refractivity contribution is 9.10. The molecule has 1 unspecified atom stereocenters. The first kappa shape index (κ1) is 9.64. The number of nitrogens with two attached hydrogens (primary N) is 1. The lowest BCUT2D eigenvalue weighted by Crippen LogP contribution is -2.15. The van der Waals surface area contributed by atoms with Gasteiger partial charge < -0.3 is 15.8 Å². The summed E-state index contributed by atoms with van der Waals surface area (Å²) in [5.74, 6) is 0.612. The summed E-state index contributed by atoms with van der Waals surface area (Å²) in [7, 11) is 0. The van der Waals surface area contributed by atoms with Crippen molar-refractivity contribution in [2.45, 2.75) is 6.04 Å². The van der Waals surface area contributed by atoms with E-state index in [1.807, 2.05) is 18.2 Å². The highest BCUT2D eigenvalue weighted by Gasteiger charge is 2.09. The van der Waals surface area contributed by atoms with Gasteiger partial charge in [0.1, 0.15) is 5.82 Å². The van der Waals surface area contributed by atoms with E-state index >= 15 is 0 Å². The Hall–Kier alpha value is -0.910. The van der Waals surface area contributed by atoms with Gasteiger partial charge in [0.2, 0.25) is 0 Å². The van der Waals surface area contributed by atoms with Crippen molar-refractivity contribution in [3.8, 4) is 0 Å². The average Bonchev–Trinajstić information content (AvgIpc) is 2.59. The molecule has 0 aliphatic heterocycles. The smallest absolute Gasteiger partial charge is 0.126 e. The number of benzene rings is 1. The quantitative estimate of drug-likeness (QED) is 0.758. The summed E-state index contributed by atoms with van der Waals surface area (Å²) >= 11 is 3.36. The van der Waals surface area contributed by atoms with Crippen LogP contribution < -0.4 is 5.73 Å². The molecule has 1 aromatic heterocycles. The van der Waals surface area contributed by atoms with Crippen molar-refractivity contribution >= 4 is 27.0 Å². The third-order valence-corrected chi connectivity index (χ3v) is 2.50. The number of aromatic amines is 1. The van der Waals surface area contributed by atoms with Crippen molar-refractivity contribution in [1.29, 1.82) is 0 Å². The van der Waals surface area contributed by atoms with Gasteiger partial charge in [-0.2, -0.15) is 0 Å². The van der Waals surface area contributed by atoms with Crippen LogP contribution in [0.25, 0.3) is 11.0 Å². The maximum Gasteiger partial charge on any atom is 0.126 e. The molecule has 0 spiro atoms. The first-order chi connectivity index (χ1) is 6.70. The maximum absolute atomic E-state index is 8.87. The Morgan fingerprint density at radius 3 is 3.07 bits per heavy atom. The lowest BCUT2D eigenvalue weighted by atomic mass is 10.3. The van der Waals surface area contributed by atoms with Gasteiger partial charge in [-0.05, 0) is 18.2 Å². The Balaban J connectivity index is 2.51. The summed E-state index contributed by atoms with van der Waals surface area (Å²) < 4.78 is 0.973. The van der Waals surface area contributed by atoms with Crippen molar-refractivity contribution in [3.05, 3.63) is 28.5 Å². The number of rotatable bonds is 2. The molecule has 5 heteroatoms. The lowest BCUT2D eigenvalue weighted by molar-refractivity contribution is 0.264. The molecule has 74 valence electrons. The summed E-state index contributed by atoms with van der Waals surface area (Å²) in [6.07, 6.45) is 0. The standard InChI is InChI=1S/C9H10BrN3O/c10-5-1-2-7-8(3-5)13-9(12-7)6(11)4-14/h1-3,6,14H,4,11H2,(H,12,13). The average molecular weight is 256 g/mol. The van der Waals surface area contributed by atoms with Gasteiger partial charge in [0.25, 0.3) is 0 Å². The van der Waals surface area contributed by atoms with Gasteiger partial charge in [-0.1, -0.05) is 15.9 Å². The number of imidazole rings is 1. The normalized spacial score (nSPS) is 13.4. The number of halogens is 1. The van der Waals surface area contributed by atoms with E-state index < -0.39 is 6.04 Å². The molecule has 0 saturated carbocycles. The molecule has 0 radical (unpaired) electrons. The molecule has 1 aromatic carbocycles. The fraction of sp³-hybridized carbons (Fsp3) is 0.222. The van der Waals surface area contributed by atoms with Gasteiger partial charge in [0, 0.05) is 4.47 Å². The second-order valence-electron chi connectivity index (χ2n) is 3.07.